The summed E-state index contributed by atoms with van der Waals surface area (Å²) in [6.45, 7) is 7.11. The van der Waals surface area contributed by atoms with E-state index in [1.54, 1.807) is 0 Å². The molecule has 0 bridgehead atoms. The second-order valence-corrected chi connectivity index (χ2v) is 8.19. The van der Waals surface area contributed by atoms with Gasteiger partial charge in [0.1, 0.15) is 5.76 Å². The highest BCUT2D eigenvalue weighted by Crippen LogP contribution is 2.28. The molecule has 1 aliphatic rings. The molecule has 0 aliphatic carbocycles. The zero-order chi connectivity index (χ0) is 18.0. The van der Waals surface area contributed by atoms with Gasteiger partial charge in [-0.25, -0.2) is 0 Å². The minimum absolute atomic E-state index is 0.103. The molecule has 0 spiro atoms. The summed E-state index contributed by atoms with van der Waals surface area (Å²) in [4.78, 5) is 15.1. The quantitative estimate of drug-likeness (QED) is 0.785. The minimum atomic E-state index is -0.107. The lowest BCUT2D eigenvalue weighted by molar-refractivity contribution is -0.120. The van der Waals surface area contributed by atoms with Crippen LogP contribution < -0.4 is 4.90 Å². The highest BCUT2D eigenvalue weighted by Gasteiger charge is 2.30. The van der Waals surface area contributed by atoms with E-state index in [1.807, 2.05) is 30.3 Å². The first-order chi connectivity index (χ1) is 11.8. The highest BCUT2D eigenvalue weighted by atomic mass is 35.5. The maximum atomic E-state index is 12.9. The van der Waals surface area contributed by atoms with Crippen LogP contribution in [-0.4, -0.2) is 23.5 Å². The van der Waals surface area contributed by atoms with Gasteiger partial charge in [0, 0.05) is 28.7 Å². The smallest absolute Gasteiger partial charge is 0.161 e. The Hall–Kier alpha value is -1.81. The molecule has 5 heteroatoms. The van der Waals surface area contributed by atoms with Gasteiger partial charge in [-0.3, -0.25) is 4.79 Å². The van der Waals surface area contributed by atoms with Crippen LogP contribution in [0.3, 0.4) is 0 Å². The van der Waals surface area contributed by atoms with Crippen molar-refractivity contribution in [3.63, 3.8) is 0 Å². The number of piperidine rings is 1. The second kappa shape index (κ2) is 7.20. The molecule has 134 valence electrons. The third-order valence-electron chi connectivity index (χ3n) is 4.69. The number of carbonyl (C=O) groups excluding carboxylic acids is 1. The fraction of sp³-hybridized carbons (Fsp3) is 0.500. The maximum absolute atomic E-state index is 12.9. The molecule has 0 unspecified atom stereocenters. The second-order valence-electron chi connectivity index (χ2n) is 7.76. The lowest BCUT2D eigenvalue weighted by atomic mass is 9.92. The molecule has 3 rings (SSSR count). The highest BCUT2D eigenvalue weighted by molar-refractivity contribution is 6.30. The van der Waals surface area contributed by atoms with Gasteiger partial charge >= 0.3 is 0 Å². The molecule has 0 amide bonds. The summed E-state index contributed by atoms with van der Waals surface area (Å²) in [5, 5.41) is 4.80. The van der Waals surface area contributed by atoms with Crippen LogP contribution in [0.15, 0.2) is 34.9 Å². The van der Waals surface area contributed by atoms with Crippen molar-refractivity contribution >= 4 is 23.1 Å². The van der Waals surface area contributed by atoms with Gasteiger partial charge in [-0.1, -0.05) is 37.5 Å². The first kappa shape index (κ1) is 18.0. The van der Waals surface area contributed by atoms with E-state index in [0.717, 1.165) is 42.9 Å². The summed E-state index contributed by atoms with van der Waals surface area (Å²) in [7, 11) is 0. The number of hydrogen-bond acceptors (Lipinski definition) is 4. The number of aromatic nitrogens is 1. The summed E-state index contributed by atoms with van der Waals surface area (Å²) in [5.74, 6) is 1.01. The van der Waals surface area contributed by atoms with E-state index in [2.05, 4.69) is 30.8 Å². The molecule has 1 saturated heterocycles. The average Bonchev–Trinajstić information content (AvgIpc) is 3.04. The van der Waals surface area contributed by atoms with Crippen molar-refractivity contribution in [3.05, 3.63) is 46.8 Å². The van der Waals surface area contributed by atoms with E-state index in [4.69, 9.17) is 16.1 Å². The Morgan fingerprint density at radius 2 is 2.00 bits per heavy atom. The SMILES string of the molecule is CC(C)(C)c1cc(CC(=O)[C@@H]2CCCCN2c2ccc(Cl)cc2)no1. The van der Waals surface area contributed by atoms with Crippen molar-refractivity contribution in [1.29, 1.82) is 0 Å². The zero-order valence-electron chi connectivity index (χ0n) is 15.1. The molecule has 0 radical (unpaired) electrons. The fourth-order valence-electron chi connectivity index (χ4n) is 3.25. The number of rotatable bonds is 4. The Labute approximate surface area is 154 Å². The number of halogens is 1. The average molecular weight is 361 g/mol. The van der Waals surface area contributed by atoms with Gasteiger partial charge < -0.3 is 9.42 Å². The predicted octanol–water partition coefficient (Wildman–Crippen LogP) is 4.80. The number of Topliss-reactive ketones (excluding diaryl/α,β-unsaturated/α-hetero) is 1. The van der Waals surface area contributed by atoms with Crippen LogP contribution in [-0.2, 0) is 16.6 Å². The maximum Gasteiger partial charge on any atom is 0.161 e. The van der Waals surface area contributed by atoms with Crippen LogP contribution in [0.2, 0.25) is 5.02 Å². The molecule has 4 nitrogen and oxygen atoms in total. The summed E-state index contributed by atoms with van der Waals surface area (Å²) in [6.07, 6.45) is 3.37. The Bertz CT molecular complexity index is 731. The van der Waals surface area contributed by atoms with Crippen LogP contribution in [0.5, 0.6) is 0 Å². The number of nitrogens with zero attached hydrogens (tertiary/aromatic N) is 2. The Morgan fingerprint density at radius 3 is 2.64 bits per heavy atom. The summed E-state index contributed by atoms with van der Waals surface area (Å²) >= 11 is 5.99. The van der Waals surface area contributed by atoms with Gasteiger partial charge in [0.25, 0.3) is 0 Å². The standard InChI is InChI=1S/C20H25ClN2O2/c1-20(2,3)19-13-15(22-25-19)12-18(24)17-6-4-5-11-23(17)16-9-7-14(21)8-10-16/h7-10,13,17H,4-6,11-12H2,1-3H3/t17-/m0/s1. The van der Waals surface area contributed by atoms with Gasteiger partial charge in [-0.15, -0.1) is 0 Å². The van der Waals surface area contributed by atoms with Crippen molar-refractivity contribution in [2.75, 3.05) is 11.4 Å². The molecule has 25 heavy (non-hydrogen) atoms. The predicted molar refractivity (Wildman–Crippen MR) is 100 cm³/mol. The van der Waals surface area contributed by atoms with Crippen LogP contribution in [0.25, 0.3) is 0 Å². The van der Waals surface area contributed by atoms with Crippen molar-refractivity contribution < 1.29 is 9.32 Å². The molecule has 1 atom stereocenters. The molecule has 2 heterocycles. The molecule has 1 aliphatic heterocycles. The van der Waals surface area contributed by atoms with Gasteiger partial charge in [0.05, 0.1) is 18.2 Å². The van der Waals surface area contributed by atoms with Crippen LogP contribution in [0.1, 0.15) is 51.5 Å². The summed E-state index contributed by atoms with van der Waals surface area (Å²) in [6, 6.07) is 9.53. The lowest BCUT2D eigenvalue weighted by Gasteiger charge is -2.36. The third kappa shape index (κ3) is 4.24. The van der Waals surface area contributed by atoms with Gasteiger partial charge in [0.15, 0.2) is 5.78 Å². The molecule has 1 aromatic carbocycles. The summed E-state index contributed by atoms with van der Waals surface area (Å²) in [5.41, 5.74) is 1.67. The molecular formula is C20H25ClN2O2. The fourth-order valence-corrected chi connectivity index (χ4v) is 3.38. The van der Waals surface area contributed by atoms with Crippen molar-refractivity contribution in [2.24, 2.45) is 0 Å². The normalized spacial score (nSPS) is 18.4. The van der Waals surface area contributed by atoms with E-state index >= 15 is 0 Å². The van der Waals surface area contributed by atoms with Crippen molar-refractivity contribution in [2.45, 2.75) is 57.9 Å². The van der Waals surface area contributed by atoms with E-state index in [9.17, 15) is 4.79 Å². The number of ketones is 1. The molecule has 1 fully saturated rings. The van der Waals surface area contributed by atoms with Crippen LogP contribution in [0, 0.1) is 0 Å². The molecule has 0 saturated carbocycles. The van der Waals surface area contributed by atoms with Gasteiger partial charge in [-0.05, 0) is 43.5 Å². The number of hydrogen-bond donors (Lipinski definition) is 0. The van der Waals surface area contributed by atoms with E-state index in [0.29, 0.717) is 11.4 Å². The van der Waals surface area contributed by atoms with E-state index in [-0.39, 0.29) is 17.2 Å². The van der Waals surface area contributed by atoms with Gasteiger partial charge in [-0.2, -0.15) is 0 Å². The Balaban J connectivity index is 1.74. The molecule has 0 N–H and O–H groups in total. The van der Waals surface area contributed by atoms with E-state index in [1.165, 1.54) is 0 Å². The number of anilines is 1. The number of benzene rings is 1. The van der Waals surface area contributed by atoms with E-state index < -0.39 is 0 Å². The van der Waals surface area contributed by atoms with Gasteiger partial charge in [0.2, 0.25) is 0 Å². The molecular weight excluding hydrogens is 336 g/mol. The molecule has 2 aromatic rings. The van der Waals surface area contributed by atoms with Crippen LogP contribution in [0.4, 0.5) is 5.69 Å². The van der Waals surface area contributed by atoms with Crippen molar-refractivity contribution in [3.8, 4) is 0 Å². The topological polar surface area (TPSA) is 46.3 Å². The lowest BCUT2D eigenvalue weighted by Crippen LogP contribution is -2.45. The minimum Gasteiger partial charge on any atom is -0.361 e. The molecule has 1 aromatic heterocycles. The number of carbonyl (C=O) groups is 1. The summed E-state index contributed by atoms with van der Waals surface area (Å²) < 4.78 is 5.41. The first-order valence-corrected chi connectivity index (χ1v) is 9.23. The Morgan fingerprint density at radius 1 is 1.28 bits per heavy atom. The zero-order valence-corrected chi connectivity index (χ0v) is 15.8. The first-order valence-electron chi connectivity index (χ1n) is 8.85. The van der Waals surface area contributed by atoms with Crippen LogP contribution >= 0.6 is 11.6 Å². The monoisotopic (exact) mass is 360 g/mol. The van der Waals surface area contributed by atoms with Crippen molar-refractivity contribution in [1.82, 2.24) is 5.16 Å². The largest absolute Gasteiger partial charge is 0.361 e. The third-order valence-corrected chi connectivity index (χ3v) is 4.94. The Kier molecular flexibility index (Phi) is 5.19.